The highest BCUT2D eigenvalue weighted by Crippen LogP contribution is 2.38. The summed E-state index contributed by atoms with van der Waals surface area (Å²) in [7, 11) is -2.44. The second-order valence-corrected chi connectivity index (χ2v) is 10.3. The van der Waals surface area contributed by atoms with Crippen LogP contribution in [0.4, 0.5) is 5.69 Å². The molecule has 3 aromatic rings. The van der Waals surface area contributed by atoms with E-state index in [9.17, 15) is 13.2 Å². The predicted molar refractivity (Wildman–Crippen MR) is 137 cm³/mol. The Bertz CT molecular complexity index is 1310. The third kappa shape index (κ3) is 5.57. The van der Waals surface area contributed by atoms with Gasteiger partial charge in [0.2, 0.25) is 0 Å². The summed E-state index contributed by atoms with van der Waals surface area (Å²) in [4.78, 5) is 13.0. The molecule has 0 saturated carbocycles. The molecule has 1 heterocycles. The second-order valence-electron chi connectivity index (χ2n) is 8.43. The maximum absolute atomic E-state index is 13.5. The van der Waals surface area contributed by atoms with Crippen LogP contribution in [0.25, 0.3) is 0 Å². The van der Waals surface area contributed by atoms with Gasteiger partial charge in [-0.1, -0.05) is 25.1 Å². The van der Waals surface area contributed by atoms with Crippen LogP contribution in [0.15, 0.2) is 71.6 Å². The summed E-state index contributed by atoms with van der Waals surface area (Å²) in [5.74, 6) is 1.19. The lowest BCUT2D eigenvalue weighted by atomic mass is 10.1. The Kier molecular flexibility index (Phi) is 7.69. The minimum atomic E-state index is -3.95. The molecule has 1 atom stereocenters. The maximum atomic E-state index is 13.5. The number of methoxy groups -OCH3 is 1. The zero-order valence-electron chi connectivity index (χ0n) is 20.6. The number of anilines is 1. The molecule has 0 radical (unpaired) electrons. The molecular weight excluding hydrogens is 480 g/mol. The number of nitrogens with zero attached hydrogens (tertiary/aromatic N) is 1. The number of amides is 1. The molecule has 0 spiro atoms. The van der Waals surface area contributed by atoms with Crippen molar-refractivity contribution in [1.82, 2.24) is 5.32 Å². The molecule has 0 fully saturated rings. The van der Waals surface area contributed by atoms with Gasteiger partial charge in [-0.15, -0.1) is 0 Å². The van der Waals surface area contributed by atoms with Gasteiger partial charge in [-0.2, -0.15) is 0 Å². The summed E-state index contributed by atoms with van der Waals surface area (Å²) in [5.41, 5.74) is 2.49. The zero-order valence-corrected chi connectivity index (χ0v) is 21.4. The fraction of sp³-hybridized carbons (Fsp3) is 0.296. The quantitative estimate of drug-likeness (QED) is 0.441. The van der Waals surface area contributed by atoms with Crippen molar-refractivity contribution >= 4 is 21.6 Å². The lowest BCUT2D eigenvalue weighted by Gasteiger charge is -2.35. The summed E-state index contributed by atoms with van der Waals surface area (Å²) < 4.78 is 45.1. The predicted octanol–water partition coefficient (Wildman–Crippen LogP) is 3.72. The molecule has 0 bridgehead atoms. The van der Waals surface area contributed by atoms with Crippen molar-refractivity contribution in [2.75, 3.05) is 31.1 Å². The van der Waals surface area contributed by atoms with Gasteiger partial charge in [-0.25, -0.2) is 8.42 Å². The first-order chi connectivity index (χ1) is 17.3. The number of nitrogens with one attached hydrogen (secondary N) is 1. The largest absolute Gasteiger partial charge is 0.497 e. The van der Waals surface area contributed by atoms with E-state index in [1.807, 2.05) is 37.3 Å². The van der Waals surface area contributed by atoms with E-state index in [4.69, 9.17) is 14.2 Å². The number of rotatable bonds is 9. The number of carbonyl (C=O) groups excluding carboxylic acids is 1. The highest BCUT2D eigenvalue weighted by molar-refractivity contribution is 7.92. The van der Waals surface area contributed by atoms with Gasteiger partial charge >= 0.3 is 0 Å². The first kappa shape index (κ1) is 25.4. The molecule has 0 aromatic heterocycles. The molecule has 8 nitrogen and oxygen atoms in total. The van der Waals surface area contributed by atoms with Gasteiger partial charge in [-0.3, -0.25) is 9.10 Å². The number of fused-ring (bicyclic) bond motifs is 1. The Hall–Kier alpha value is -3.72. The zero-order chi connectivity index (χ0) is 25.7. The highest BCUT2D eigenvalue weighted by atomic mass is 32.2. The van der Waals surface area contributed by atoms with Crippen LogP contribution in [0.5, 0.6) is 17.2 Å². The van der Waals surface area contributed by atoms with E-state index < -0.39 is 22.0 Å². The number of benzene rings is 3. The molecular formula is C27H30N2O6S. The van der Waals surface area contributed by atoms with Crippen molar-refractivity contribution in [2.45, 2.75) is 31.3 Å². The molecule has 1 aliphatic rings. The van der Waals surface area contributed by atoms with E-state index in [0.29, 0.717) is 17.2 Å². The van der Waals surface area contributed by atoms with Gasteiger partial charge in [-0.05, 0) is 73.0 Å². The first-order valence-electron chi connectivity index (χ1n) is 11.8. The van der Waals surface area contributed by atoms with Crippen LogP contribution < -0.4 is 23.8 Å². The smallest absolute Gasteiger partial charge is 0.264 e. The van der Waals surface area contributed by atoms with Crippen LogP contribution in [0.1, 0.15) is 18.1 Å². The third-order valence-electron chi connectivity index (χ3n) is 5.93. The van der Waals surface area contributed by atoms with Crippen molar-refractivity contribution in [3.05, 3.63) is 77.9 Å². The Morgan fingerprint density at radius 3 is 2.42 bits per heavy atom. The summed E-state index contributed by atoms with van der Waals surface area (Å²) in [5, 5.41) is 2.79. The molecule has 1 amide bonds. The molecule has 0 aliphatic carbocycles. The number of ether oxygens (including phenoxy) is 3. The Labute approximate surface area is 211 Å². The van der Waals surface area contributed by atoms with Crippen molar-refractivity contribution in [2.24, 2.45) is 0 Å². The molecule has 4 rings (SSSR count). The fourth-order valence-corrected chi connectivity index (χ4v) is 5.35. The highest BCUT2D eigenvalue weighted by Gasteiger charge is 2.37. The van der Waals surface area contributed by atoms with Gasteiger partial charge in [0.05, 0.1) is 30.8 Å². The molecule has 1 aliphatic heterocycles. The van der Waals surface area contributed by atoms with E-state index in [1.54, 1.807) is 24.3 Å². The van der Waals surface area contributed by atoms with E-state index in [0.717, 1.165) is 17.7 Å². The number of aryl methyl sites for hydroxylation is 2. The molecule has 36 heavy (non-hydrogen) atoms. The average Bonchev–Trinajstić information content (AvgIpc) is 2.90. The second kappa shape index (κ2) is 10.9. The Balaban J connectivity index is 1.47. The molecule has 0 unspecified atom stereocenters. The van der Waals surface area contributed by atoms with Crippen molar-refractivity contribution in [1.29, 1.82) is 0 Å². The summed E-state index contributed by atoms with van der Waals surface area (Å²) in [6.07, 6.45) is -0.0675. The lowest BCUT2D eigenvalue weighted by molar-refractivity contribution is -0.127. The molecule has 9 heteroatoms. The van der Waals surface area contributed by atoms with Gasteiger partial charge in [0.15, 0.2) is 6.10 Å². The fourth-order valence-electron chi connectivity index (χ4n) is 3.88. The third-order valence-corrected chi connectivity index (χ3v) is 7.72. The van der Waals surface area contributed by atoms with Gasteiger partial charge in [0.25, 0.3) is 15.9 Å². The van der Waals surface area contributed by atoms with E-state index in [1.165, 1.54) is 29.1 Å². The van der Waals surface area contributed by atoms with Gasteiger partial charge in [0, 0.05) is 0 Å². The normalized spacial score (nSPS) is 15.0. The minimum Gasteiger partial charge on any atom is -0.497 e. The van der Waals surface area contributed by atoms with Crippen LogP contribution in [0.2, 0.25) is 0 Å². The van der Waals surface area contributed by atoms with Crippen LogP contribution in [-0.2, 0) is 21.2 Å². The molecule has 0 saturated heterocycles. The van der Waals surface area contributed by atoms with Crippen LogP contribution in [0.3, 0.4) is 0 Å². The summed E-state index contributed by atoms with van der Waals surface area (Å²) in [6, 6.07) is 19.2. The van der Waals surface area contributed by atoms with Crippen molar-refractivity contribution < 1.29 is 27.4 Å². The lowest BCUT2D eigenvalue weighted by Crippen LogP contribution is -2.51. The molecule has 1 N–H and O–H groups in total. The van der Waals surface area contributed by atoms with Crippen molar-refractivity contribution in [3.63, 3.8) is 0 Å². The molecule has 3 aromatic carbocycles. The molecule has 190 valence electrons. The number of hydrogen-bond donors (Lipinski definition) is 1. The Morgan fingerprint density at radius 2 is 1.75 bits per heavy atom. The summed E-state index contributed by atoms with van der Waals surface area (Å²) in [6.45, 7) is 4.32. The van der Waals surface area contributed by atoms with Crippen LogP contribution in [0, 0.1) is 6.92 Å². The number of carbonyl (C=O) groups is 1. The van der Waals surface area contributed by atoms with Crippen LogP contribution >= 0.6 is 0 Å². The van der Waals surface area contributed by atoms with Gasteiger partial charge in [0.1, 0.15) is 23.9 Å². The SMILES string of the molecule is CCc1ccc(OCCNC(=O)[C@@H]2CN(S(=O)(=O)c3ccc(OC)cc3)c3ccc(C)cc3O2)cc1. The monoisotopic (exact) mass is 510 g/mol. The topological polar surface area (TPSA) is 94.2 Å². The van der Waals surface area contributed by atoms with Crippen LogP contribution in [-0.4, -0.2) is 47.2 Å². The average molecular weight is 511 g/mol. The summed E-state index contributed by atoms with van der Waals surface area (Å²) >= 11 is 0. The van der Waals surface area contributed by atoms with E-state index in [2.05, 4.69) is 12.2 Å². The Morgan fingerprint density at radius 1 is 1.06 bits per heavy atom. The minimum absolute atomic E-state index is 0.0957. The standard InChI is InChI=1S/C27H30N2O6S/c1-4-20-6-8-22(9-7-20)34-16-15-28-27(30)26-18-29(24-14-5-19(2)17-25(24)35-26)36(31,32)23-12-10-21(33-3)11-13-23/h5-14,17,26H,4,15-16,18H2,1-3H3,(H,28,30)/t26-/m0/s1. The van der Waals surface area contributed by atoms with Crippen molar-refractivity contribution in [3.8, 4) is 17.2 Å². The van der Waals surface area contributed by atoms with E-state index in [-0.39, 0.29) is 24.6 Å². The first-order valence-corrected chi connectivity index (χ1v) is 13.2. The van der Waals surface area contributed by atoms with Gasteiger partial charge < -0.3 is 19.5 Å². The maximum Gasteiger partial charge on any atom is 0.264 e. The van der Waals surface area contributed by atoms with E-state index >= 15 is 0 Å². The number of sulfonamides is 1. The number of hydrogen-bond acceptors (Lipinski definition) is 6.